The van der Waals surface area contributed by atoms with E-state index in [1.807, 2.05) is 42.5 Å². The van der Waals surface area contributed by atoms with Crippen LogP contribution in [0.15, 0.2) is 42.5 Å². The highest BCUT2D eigenvalue weighted by atomic mass is 32.1. The zero-order valence-corrected chi connectivity index (χ0v) is 14.4. The molecule has 0 spiro atoms. The Morgan fingerprint density at radius 3 is 2.92 bits per heavy atom. The zero-order chi connectivity index (χ0) is 17.5. The van der Waals surface area contributed by atoms with Crippen LogP contribution in [0.1, 0.15) is 5.56 Å². The van der Waals surface area contributed by atoms with Crippen LogP contribution in [-0.2, 0) is 6.54 Å². The number of ether oxygens (including phenoxy) is 2. The molecule has 3 heterocycles. The van der Waals surface area contributed by atoms with Crippen molar-refractivity contribution in [3.05, 3.63) is 48.0 Å². The van der Waals surface area contributed by atoms with E-state index in [1.54, 1.807) is 4.68 Å². The fourth-order valence-corrected chi connectivity index (χ4v) is 3.65. The predicted molar refractivity (Wildman–Crippen MR) is 98.8 cm³/mol. The molecular weight excluding hydrogens is 352 g/mol. The normalized spacial score (nSPS) is 12.6. The molecule has 9 heteroatoms. The molecule has 4 aromatic rings. The molecule has 0 atom stereocenters. The second kappa shape index (κ2) is 5.88. The number of para-hydroxylation sites is 1. The van der Waals surface area contributed by atoms with Gasteiger partial charge in [0.1, 0.15) is 0 Å². The van der Waals surface area contributed by atoms with Crippen LogP contribution in [-0.4, -0.2) is 26.5 Å². The van der Waals surface area contributed by atoms with Crippen LogP contribution in [0, 0.1) is 0 Å². The molecule has 3 N–H and O–H groups in total. The third-order valence-corrected chi connectivity index (χ3v) is 5.00. The van der Waals surface area contributed by atoms with Crippen molar-refractivity contribution < 1.29 is 9.47 Å². The number of nitrogens with one attached hydrogen (secondary N) is 1. The number of hydrogen-bond acceptors (Lipinski definition) is 8. The van der Waals surface area contributed by atoms with Gasteiger partial charge in [-0.25, -0.2) is 4.98 Å². The molecule has 0 saturated carbocycles. The molecule has 0 saturated heterocycles. The van der Waals surface area contributed by atoms with Crippen LogP contribution in [0.3, 0.4) is 0 Å². The first-order valence-corrected chi connectivity index (χ1v) is 8.79. The Morgan fingerprint density at radius 1 is 1.12 bits per heavy atom. The summed E-state index contributed by atoms with van der Waals surface area (Å²) >= 11 is 1.52. The summed E-state index contributed by atoms with van der Waals surface area (Å²) < 4.78 is 13.3. The lowest BCUT2D eigenvalue weighted by Crippen LogP contribution is -2.03. The highest BCUT2D eigenvalue weighted by Crippen LogP contribution is 2.32. The first-order valence-electron chi connectivity index (χ1n) is 7.97. The van der Waals surface area contributed by atoms with Gasteiger partial charge in [-0.1, -0.05) is 29.5 Å². The van der Waals surface area contributed by atoms with Gasteiger partial charge in [0.25, 0.3) is 0 Å². The number of benzene rings is 2. The molecule has 5 rings (SSSR count). The first kappa shape index (κ1) is 15.0. The minimum absolute atomic E-state index is 0.261. The number of aromatic nitrogens is 4. The van der Waals surface area contributed by atoms with Gasteiger partial charge in [-0.05, 0) is 29.8 Å². The molecule has 1 aliphatic heterocycles. The van der Waals surface area contributed by atoms with Gasteiger partial charge in [0.2, 0.25) is 23.8 Å². The molecule has 0 unspecified atom stereocenters. The van der Waals surface area contributed by atoms with Gasteiger partial charge in [-0.15, -0.1) is 5.10 Å². The molecule has 1 aliphatic rings. The van der Waals surface area contributed by atoms with Crippen molar-refractivity contribution in [3.63, 3.8) is 0 Å². The van der Waals surface area contributed by atoms with Crippen LogP contribution in [0.25, 0.3) is 15.3 Å². The van der Waals surface area contributed by atoms with E-state index in [-0.39, 0.29) is 12.7 Å². The van der Waals surface area contributed by atoms with E-state index < -0.39 is 0 Å². The topological polar surface area (TPSA) is 100 Å². The Balaban J connectivity index is 1.37. The maximum absolute atomic E-state index is 6.02. The Kier molecular flexibility index (Phi) is 3.39. The van der Waals surface area contributed by atoms with E-state index in [0.717, 1.165) is 27.3 Å². The van der Waals surface area contributed by atoms with Crippen LogP contribution in [0.4, 0.5) is 11.9 Å². The van der Waals surface area contributed by atoms with Gasteiger partial charge >= 0.3 is 0 Å². The average Bonchev–Trinajstić information content (AvgIpc) is 3.36. The van der Waals surface area contributed by atoms with E-state index >= 15 is 0 Å². The summed E-state index contributed by atoms with van der Waals surface area (Å²) in [6.45, 7) is 0.802. The van der Waals surface area contributed by atoms with Crippen molar-refractivity contribution in [2.75, 3.05) is 17.8 Å². The number of rotatable bonds is 4. The van der Waals surface area contributed by atoms with Gasteiger partial charge in [-0.2, -0.15) is 9.67 Å². The summed E-state index contributed by atoms with van der Waals surface area (Å²) in [6.07, 6.45) is 0. The maximum Gasteiger partial charge on any atom is 0.244 e. The van der Waals surface area contributed by atoms with Crippen LogP contribution < -0.4 is 20.5 Å². The Bertz CT molecular complexity index is 1070. The summed E-state index contributed by atoms with van der Waals surface area (Å²) in [7, 11) is 0. The summed E-state index contributed by atoms with van der Waals surface area (Å²) in [5, 5.41) is 8.29. The van der Waals surface area contributed by atoms with Crippen molar-refractivity contribution in [2.24, 2.45) is 0 Å². The van der Waals surface area contributed by atoms with E-state index in [1.165, 1.54) is 11.3 Å². The largest absolute Gasteiger partial charge is 0.454 e. The molecule has 0 bridgehead atoms. The summed E-state index contributed by atoms with van der Waals surface area (Å²) in [5.74, 6) is 2.24. The fourth-order valence-electron chi connectivity index (χ4n) is 2.72. The van der Waals surface area contributed by atoms with Gasteiger partial charge in [0, 0.05) is 6.54 Å². The van der Waals surface area contributed by atoms with E-state index in [0.29, 0.717) is 17.6 Å². The maximum atomic E-state index is 6.02. The molecule has 2 aromatic carbocycles. The highest BCUT2D eigenvalue weighted by molar-refractivity contribution is 7.20. The zero-order valence-electron chi connectivity index (χ0n) is 13.5. The van der Waals surface area contributed by atoms with E-state index in [2.05, 4.69) is 20.4 Å². The lowest BCUT2D eigenvalue weighted by atomic mass is 10.2. The summed E-state index contributed by atoms with van der Waals surface area (Å²) in [4.78, 5) is 8.83. The smallest absolute Gasteiger partial charge is 0.244 e. The van der Waals surface area contributed by atoms with Gasteiger partial charge in [0.05, 0.1) is 10.2 Å². The lowest BCUT2D eigenvalue weighted by molar-refractivity contribution is 0.174. The summed E-state index contributed by atoms with van der Waals surface area (Å²) in [5.41, 5.74) is 7.96. The number of nitrogens with two attached hydrogens (primary N) is 1. The molecule has 0 fully saturated rings. The third kappa shape index (κ3) is 2.58. The van der Waals surface area contributed by atoms with Crippen molar-refractivity contribution in [1.82, 2.24) is 19.7 Å². The molecular formula is C17H14N6O2S. The second-order valence-electron chi connectivity index (χ2n) is 5.71. The Morgan fingerprint density at radius 2 is 2.00 bits per heavy atom. The van der Waals surface area contributed by atoms with Gasteiger partial charge in [-0.3, -0.25) is 0 Å². The number of thiazole rings is 1. The van der Waals surface area contributed by atoms with E-state index in [4.69, 9.17) is 15.2 Å². The fraction of sp³-hybridized carbons (Fsp3) is 0.118. The number of nitrogen functional groups attached to an aromatic ring is 1. The lowest BCUT2D eigenvalue weighted by Gasteiger charge is -2.03. The minimum atomic E-state index is 0.261. The molecule has 0 amide bonds. The van der Waals surface area contributed by atoms with Crippen molar-refractivity contribution in [2.45, 2.75) is 6.54 Å². The quantitative estimate of drug-likeness (QED) is 0.573. The molecule has 130 valence electrons. The molecule has 8 nitrogen and oxygen atoms in total. The third-order valence-electron chi connectivity index (χ3n) is 3.98. The van der Waals surface area contributed by atoms with Crippen LogP contribution >= 0.6 is 11.3 Å². The van der Waals surface area contributed by atoms with E-state index in [9.17, 15) is 0 Å². The molecule has 2 aromatic heterocycles. The number of nitrogens with zero attached hydrogens (tertiary/aromatic N) is 4. The monoisotopic (exact) mass is 366 g/mol. The SMILES string of the molecule is Nc1nc(NCc2ccc3c(c2)OCO3)nn1-c1nc2ccccc2s1. The number of fused-ring (bicyclic) bond motifs is 2. The predicted octanol–water partition coefficient (Wildman–Crippen LogP) is 2.80. The molecule has 0 radical (unpaired) electrons. The van der Waals surface area contributed by atoms with Crippen LogP contribution in [0.5, 0.6) is 11.5 Å². The number of anilines is 2. The number of hydrogen-bond donors (Lipinski definition) is 2. The van der Waals surface area contributed by atoms with Crippen molar-refractivity contribution in [3.8, 4) is 16.6 Å². The Hall–Kier alpha value is -3.33. The van der Waals surface area contributed by atoms with Crippen molar-refractivity contribution in [1.29, 1.82) is 0 Å². The molecule has 26 heavy (non-hydrogen) atoms. The molecule has 0 aliphatic carbocycles. The summed E-state index contributed by atoms with van der Waals surface area (Å²) in [6, 6.07) is 13.7. The minimum Gasteiger partial charge on any atom is -0.454 e. The van der Waals surface area contributed by atoms with Gasteiger partial charge < -0.3 is 20.5 Å². The highest BCUT2D eigenvalue weighted by Gasteiger charge is 2.15. The van der Waals surface area contributed by atoms with Crippen molar-refractivity contribution >= 4 is 33.5 Å². The Labute approximate surface area is 152 Å². The average molecular weight is 366 g/mol. The first-order chi connectivity index (χ1) is 12.8. The second-order valence-corrected chi connectivity index (χ2v) is 6.72. The standard InChI is InChI=1S/C17H14N6O2S/c18-15-21-16(19-8-10-5-6-12-13(7-10)25-9-24-12)22-23(15)17-20-11-3-1-2-4-14(11)26-17/h1-7H,8-9H2,(H3,18,19,21,22). The van der Waals surface area contributed by atoms with Crippen LogP contribution in [0.2, 0.25) is 0 Å². The van der Waals surface area contributed by atoms with Gasteiger partial charge in [0.15, 0.2) is 11.5 Å².